The summed E-state index contributed by atoms with van der Waals surface area (Å²) in [6, 6.07) is 9.99. The van der Waals surface area contributed by atoms with Crippen LogP contribution in [0.3, 0.4) is 0 Å². The summed E-state index contributed by atoms with van der Waals surface area (Å²) >= 11 is 0. The number of benzene rings is 2. The third kappa shape index (κ3) is 5.10. The Morgan fingerprint density at radius 1 is 1.28 bits per heavy atom. The third-order valence-corrected chi connectivity index (χ3v) is 6.21. The van der Waals surface area contributed by atoms with Crippen molar-refractivity contribution in [1.29, 1.82) is 0 Å². The summed E-state index contributed by atoms with van der Waals surface area (Å²) in [5, 5.41) is 13.9. The normalized spacial score (nSPS) is 16.2. The molecule has 1 aliphatic rings. The minimum absolute atomic E-state index is 0.0925. The fourth-order valence-electron chi connectivity index (χ4n) is 3.48. The molecular formula is C21H25N3O7S. The summed E-state index contributed by atoms with van der Waals surface area (Å²) in [6.07, 6.45) is 0.680. The van der Waals surface area contributed by atoms with Gasteiger partial charge in [0.2, 0.25) is 15.9 Å². The number of hydrogen-bond acceptors (Lipinski definition) is 7. The Labute approximate surface area is 186 Å². The van der Waals surface area contributed by atoms with Crippen LogP contribution in [0.4, 0.5) is 11.4 Å². The molecule has 32 heavy (non-hydrogen) atoms. The van der Waals surface area contributed by atoms with Crippen LogP contribution >= 0.6 is 0 Å². The first kappa shape index (κ1) is 23.3. The smallest absolute Gasteiger partial charge is 0.271 e. The maximum Gasteiger partial charge on any atom is 0.271 e. The Kier molecular flexibility index (Phi) is 6.87. The Morgan fingerprint density at radius 2 is 1.97 bits per heavy atom. The second-order valence-corrected chi connectivity index (χ2v) is 9.31. The van der Waals surface area contributed by atoms with Crippen LogP contribution < -0.4 is 19.1 Å². The molecule has 3 rings (SSSR count). The Hall–Kier alpha value is -3.34. The Balaban J connectivity index is 1.80. The second kappa shape index (κ2) is 9.43. The average Bonchev–Trinajstić information content (AvgIpc) is 2.75. The predicted octanol–water partition coefficient (Wildman–Crippen LogP) is 2.40. The SMILES string of the molecule is CC[C@@H](C(=O)NC[C@H]1COc2ccccc2O1)N(c1cc([N+](=O)[O-])ccc1C)S(C)(=O)=O. The first-order chi connectivity index (χ1) is 15.1. The average molecular weight is 464 g/mol. The molecular weight excluding hydrogens is 438 g/mol. The number of sulfonamides is 1. The molecule has 10 nitrogen and oxygen atoms in total. The number of nitro groups is 1. The van der Waals surface area contributed by atoms with Crippen LogP contribution in [0.25, 0.3) is 0 Å². The van der Waals surface area contributed by atoms with Crippen molar-refractivity contribution in [2.24, 2.45) is 0 Å². The van der Waals surface area contributed by atoms with Crippen molar-refractivity contribution in [2.45, 2.75) is 32.4 Å². The lowest BCUT2D eigenvalue weighted by atomic mass is 10.1. The number of hydrogen-bond donors (Lipinski definition) is 1. The zero-order chi connectivity index (χ0) is 23.5. The number of amides is 1. The van der Waals surface area contributed by atoms with Gasteiger partial charge in [0.25, 0.3) is 5.69 Å². The molecule has 2 atom stereocenters. The van der Waals surface area contributed by atoms with Crippen LogP contribution in [0, 0.1) is 17.0 Å². The Bertz CT molecular complexity index is 1120. The van der Waals surface area contributed by atoms with Gasteiger partial charge in [-0.15, -0.1) is 0 Å². The second-order valence-electron chi connectivity index (χ2n) is 7.45. The number of nitrogens with one attached hydrogen (secondary N) is 1. The molecule has 1 amide bonds. The maximum absolute atomic E-state index is 13.0. The van der Waals surface area contributed by atoms with Crippen LogP contribution in [0.15, 0.2) is 42.5 Å². The van der Waals surface area contributed by atoms with Gasteiger partial charge in [-0.25, -0.2) is 8.42 Å². The van der Waals surface area contributed by atoms with Crippen molar-refractivity contribution < 1.29 is 27.6 Å². The van der Waals surface area contributed by atoms with Gasteiger partial charge in [-0.3, -0.25) is 19.2 Å². The molecule has 1 heterocycles. The zero-order valence-corrected chi connectivity index (χ0v) is 18.8. The minimum atomic E-state index is -3.93. The molecule has 0 spiro atoms. The van der Waals surface area contributed by atoms with E-state index in [0.717, 1.165) is 10.6 Å². The molecule has 0 saturated carbocycles. The molecule has 0 unspecified atom stereocenters. The zero-order valence-electron chi connectivity index (χ0n) is 18.0. The molecule has 0 saturated heterocycles. The van der Waals surface area contributed by atoms with Crippen LogP contribution in [-0.4, -0.2) is 50.8 Å². The molecule has 0 fully saturated rings. The quantitative estimate of drug-likeness (QED) is 0.470. The number of nitrogens with zero attached hydrogens (tertiary/aromatic N) is 2. The van der Waals surface area contributed by atoms with Gasteiger partial charge in [0.05, 0.1) is 23.4 Å². The number of aryl methyl sites for hydroxylation is 1. The van der Waals surface area contributed by atoms with E-state index in [0.29, 0.717) is 17.1 Å². The van der Waals surface area contributed by atoms with Crippen molar-refractivity contribution >= 4 is 27.3 Å². The summed E-state index contributed by atoms with van der Waals surface area (Å²) in [6.45, 7) is 3.64. The lowest BCUT2D eigenvalue weighted by Crippen LogP contribution is -2.51. The number of ether oxygens (including phenoxy) is 2. The highest BCUT2D eigenvalue weighted by atomic mass is 32.2. The molecule has 0 aromatic heterocycles. The van der Waals surface area contributed by atoms with Gasteiger partial charge in [0, 0.05) is 12.1 Å². The number of nitro benzene ring substituents is 1. The maximum atomic E-state index is 13.0. The van der Waals surface area contributed by atoms with E-state index in [1.54, 1.807) is 26.0 Å². The van der Waals surface area contributed by atoms with Crippen LogP contribution in [-0.2, 0) is 14.8 Å². The number of rotatable bonds is 8. The van der Waals surface area contributed by atoms with Gasteiger partial charge in [-0.05, 0) is 31.0 Å². The van der Waals surface area contributed by atoms with E-state index >= 15 is 0 Å². The lowest BCUT2D eigenvalue weighted by Gasteiger charge is -2.32. The first-order valence-electron chi connectivity index (χ1n) is 10.0. The highest BCUT2D eigenvalue weighted by Crippen LogP contribution is 2.31. The Morgan fingerprint density at radius 3 is 2.59 bits per heavy atom. The summed E-state index contributed by atoms with van der Waals surface area (Å²) < 4.78 is 37.7. The molecule has 1 N–H and O–H groups in total. The highest BCUT2D eigenvalue weighted by molar-refractivity contribution is 7.92. The molecule has 0 radical (unpaired) electrons. The summed E-state index contributed by atoms with van der Waals surface area (Å²) in [4.78, 5) is 23.6. The van der Waals surface area contributed by atoms with Gasteiger partial charge < -0.3 is 14.8 Å². The van der Waals surface area contributed by atoms with Gasteiger partial charge in [0.15, 0.2) is 11.5 Å². The molecule has 2 aromatic carbocycles. The van der Waals surface area contributed by atoms with E-state index in [2.05, 4.69) is 5.32 Å². The fraction of sp³-hybridized carbons (Fsp3) is 0.381. The van der Waals surface area contributed by atoms with E-state index < -0.39 is 33.0 Å². The van der Waals surface area contributed by atoms with Crippen molar-refractivity contribution in [3.05, 3.63) is 58.1 Å². The summed E-state index contributed by atoms with van der Waals surface area (Å²) in [5.41, 5.74) is 0.323. The largest absolute Gasteiger partial charge is 0.486 e. The molecule has 2 aromatic rings. The van der Waals surface area contributed by atoms with Gasteiger partial charge in [-0.1, -0.05) is 25.1 Å². The standard InChI is InChI=1S/C21H25N3O7S/c1-4-17(21(25)22-12-16-13-30-19-7-5-6-8-20(19)31-16)23(32(3,28)29)18-11-15(24(26)27)10-9-14(18)2/h5-11,16-17H,4,12-13H2,1-3H3,(H,22,25)/t16-,17-/m0/s1. The van der Waals surface area contributed by atoms with Crippen molar-refractivity contribution in [1.82, 2.24) is 5.32 Å². The van der Waals surface area contributed by atoms with Gasteiger partial charge in [0.1, 0.15) is 18.8 Å². The predicted molar refractivity (Wildman–Crippen MR) is 119 cm³/mol. The highest BCUT2D eigenvalue weighted by Gasteiger charge is 2.34. The van der Waals surface area contributed by atoms with Crippen molar-refractivity contribution in [3.8, 4) is 11.5 Å². The number of anilines is 1. The van der Waals surface area contributed by atoms with E-state index in [4.69, 9.17) is 9.47 Å². The third-order valence-electron chi connectivity index (χ3n) is 5.04. The van der Waals surface area contributed by atoms with Crippen LogP contribution in [0.5, 0.6) is 11.5 Å². The lowest BCUT2D eigenvalue weighted by molar-refractivity contribution is -0.384. The topological polar surface area (TPSA) is 128 Å². The van der Waals surface area contributed by atoms with E-state index in [1.807, 2.05) is 12.1 Å². The molecule has 172 valence electrons. The number of carbonyl (C=O) groups excluding carboxylic acids is 1. The molecule has 0 bridgehead atoms. The number of para-hydroxylation sites is 2. The van der Waals surface area contributed by atoms with E-state index in [1.165, 1.54) is 18.2 Å². The van der Waals surface area contributed by atoms with E-state index in [9.17, 15) is 23.3 Å². The van der Waals surface area contributed by atoms with Crippen molar-refractivity contribution in [2.75, 3.05) is 23.7 Å². The van der Waals surface area contributed by atoms with Crippen molar-refractivity contribution in [3.63, 3.8) is 0 Å². The first-order valence-corrected chi connectivity index (χ1v) is 11.9. The molecule has 1 aliphatic heterocycles. The van der Waals surface area contributed by atoms with E-state index in [-0.39, 0.29) is 30.9 Å². The molecule has 11 heteroatoms. The number of carbonyl (C=O) groups is 1. The number of non-ortho nitro benzene ring substituents is 1. The monoisotopic (exact) mass is 463 g/mol. The van der Waals surface area contributed by atoms with Crippen LogP contribution in [0.2, 0.25) is 0 Å². The summed E-state index contributed by atoms with van der Waals surface area (Å²) in [5.74, 6) is 0.646. The van der Waals surface area contributed by atoms with Gasteiger partial charge in [-0.2, -0.15) is 0 Å². The summed E-state index contributed by atoms with van der Waals surface area (Å²) in [7, 11) is -3.93. The minimum Gasteiger partial charge on any atom is -0.486 e. The van der Waals surface area contributed by atoms with Gasteiger partial charge >= 0.3 is 0 Å². The molecule has 0 aliphatic carbocycles. The fourth-order valence-corrected chi connectivity index (χ4v) is 4.74. The van der Waals surface area contributed by atoms with Crippen LogP contribution in [0.1, 0.15) is 18.9 Å². The number of fused-ring (bicyclic) bond motifs is 1.